The van der Waals surface area contributed by atoms with Crippen molar-refractivity contribution in [1.29, 1.82) is 0 Å². The molecule has 0 bridgehead atoms. The minimum absolute atomic E-state index is 0.276. The Morgan fingerprint density at radius 2 is 1.90 bits per heavy atom. The number of nitrogens with one attached hydrogen (secondary N) is 1. The van der Waals surface area contributed by atoms with Crippen LogP contribution in [0.3, 0.4) is 0 Å². The van der Waals surface area contributed by atoms with E-state index >= 15 is 0 Å². The van der Waals surface area contributed by atoms with Crippen LogP contribution in [-0.4, -0.2) is 22.1 Å². The molecule has 1 N–H and O–H groups in total. The summed E-state index contributed by atoms with van der Waals surface area (Å²) in [6.07, 6.45) is 3.34. The fourth-order valence-electron chi connectivity index (χ4n) is 1.95. The molecule has 0 unspecified atom stereocenters. The maximum absolute atomic E-state index is 13.0. The number of imidazole rings is 1. The first-order chi connectivity index (χ1) is 10.2. The molecule has 0 aliphatic rings. The molecule has 0 saturated carbocycles. The molecule has 0 fully saturated rings. The van der Waals surface area contributed by atoms with Crippen LogP contribution < -0.4 is 4.74 Å². The first-order valence-electron chi connectivity index (χ1n) is 6.18. The van der Waals surface area contributed by atoms with Gasteiger partial charge in [-0.15, -0.1) is 0 Å². The van der Waals surface area contributed by atoms with E-state index in [0.717, 1.165) is 21.4 Å². The van der Waals surface area contributed by atoms with Gasteiger partial charge in [0, 0.05) is 17.3 Å². The number of benzene rings is 1. The summed E-state index contributed by atoms with van der Waals surface area (Å²) in [7, 11) is 1.59. The zero-order valence-corrected chi connectivity index (χ0v) is 12.7. The molecule has 1 aromatic carbocycles. The van der Waals surface area contributed by atoms with E-state index in [9.17, 15) is 4.39 Å². The number of H-pyrrole nitrogens is 1. The molecule has 0 spiro atoms. The largest absolute Gasteiger partial charge is 0.495 e. The van der Waals surface area contributed by atoms with Crippen LogP contribution in [0.1, 0.15) is 0 Å². The normalized spacial score (nSPS) is 10.6. The van der Waals surface area contributed by atoms with Crippen LogP contribution in [0, 0.1) is 5.82 Å². The zero-order valence-electron chi connectivity index (χ0n) is 11.1. The molecule has 4 nitrogen and oxygen atoms in total. The number of rotatable bonds is 3. The van der Waals surface area contributed by atoms with E-state index < -0.39 is 0 Å². The van der Waals surface area contributed by atoms with Crippen LogP contribution in [0.2, 0.25) is 0 Å². The summed E-state index contributed by atoms with van der Waals surface area (Å²) < 4.78 is 18.9. The second-order valence-electron chi connectivity index (χ2n) is 4.37. The van der Waals surface area contributed by atoms with Crippen molar-refractivity contribution in [1.82, 2.24) is 15.0 Å². The Morgan fingerprint density at radius 1 is 1.14 bits per heavy atom. The van der Waals surface area contributed by atoms with Crippen molar-refractivity contribution in [2.24, 2.45) is 0 Å². The average Bonchev–Trinajstić information content (AvgIpc) is 2.90. The number of halogens is 2. The van der Waals surface area contributed by atoms with Crippen LogP contribution in [-0.2, 0) is 0 Å². The number of hydrogen-bond acceptors (Lipinski definition) is 3. The second kappa shape index (κ2) is 5.65. The van der Waals surface area contributed by atoms with Gasteiger partial charge in [-0.05, 0) is 46.3 Å². The van der Waals surface area contributed by atoms with Crippen molar-refractivity contribution in [3.8, 4) is 28.4 Å². The van der Waals surface area contributed by atoms with Crippen molar-refractivity contribution >= 4 is 15.9 Å². The first kappa shape index (κ1) is 13.8. The van der Waals surface area contributed by atoms with Crippen molar-refractivity contribution in [2.75, 3.05) is 7.11 Å². The van der Waals surface area contributed by atoms with E-state index in [-0.39, 0.29) is 5.82 Å². The molecular formula is C15H11BrFN3O. The maximum atomic E-state index is 13.0. The highest BCUT2D eigenvalue weighted by atomic mass is 79.9. The van der Waals surface area contributed by atoms with Gasteiger partial charge in [-0.25, -0.2) is 9.37 Å². The molecule has 0 aliphatic carbocycles. The number of hydrogen-bond donors (Lipinski definition) is 1. The Bertz CT molecular complexity index is 771. The Kier molecular flexibility index (Phi) is 3.70. The molecule has 0 amide bonds. The SMILES string of the molecule is COc1cncc(-c2nc(-c3ccc(F)cc3)[nH]c2Br)c1. The summed E-state index contributed by atoms with van der Waals surface area (Å²) >= 11 is 3.45. The van der Waals surface area contributed by atoms with Gasteiger partial charge in [-0.1, -0.05) is 0 Å². The lowest BCUT2D eigenvalue weighted by atomic mass is 10.2. The number of aromatic nitrogens is 3. The van der Waals surface area contributed by atoms with E-state index in [1.165, 1.54) is 12.1 Å². The Labute approximate surface area is 129 Å². The average molecular weight is 348 g/mol. The third-order valence-electron chi connectivity index (χ3n) is 3.00. The molecule has 0 atom stereocenters. The lowest BCUT2D eigenvalue weighted by Crippen LogP contribution is -1.87. The van der Waals surface area contributed by atoms with Crippen molar-refractivity contribution in [3.05, 3.63) is 53.1 Å². The molecule has 3 aromatic rings. The van der Waals surface area contributed by atoms with Gasteiger partial charge in [-0.3, -0.25) is 4.98 Å². The molecule has 2 heterocycles. The summed E-state index contributed by atoms with van der Waals surface area (Å²) in [4.78, 5) is 11.8. The van der Waals surface area contributed by atoms with Gasteiger partial charge in [0.2, 0.25) is 0 Å². The van der Waals surface area contributed by atoms with E-state index in [2.05, 4.69) is 30.9 Å². The number of aromatic amines is 1. The molecule has 106 valence electrons. The minimum Gasteiger partial charge on any atom is -0.495 e. The highest BCUT2D eigenvalue weighted by molar-refractivity contribution is 9.10. The third kappa shape index (κ3) is 2.80. The number of ether oxygens (including phenoxy) is 1. The summed E-state index contributed by atoms with van der Waals surface area (Å²) in [6, 6.07) is 8.00. The quantitative estimate of drug-likeness (QED) is 0.777. The zero-order chi connectivity index (χ0) is 14.8. The highest BCUT2D eigenvalue weighted by Crippen LogP contribution is 2.30. The fraction of sp³-hybridized carbons (Fsp3) is 0.0667. The monoisotopic (exact) mass is 347 g/mol. The second-order valence-corrected chi connectivity index (χ2v) is 5.16. The lowest BCUT2D eigenvalue weighted by molar-refractivity contribution is 0.413. The van der Waals surface area contributed by atoms with E-state index in [1.54, 1.807) is 31.6 Å². The van der Waals surface area contributed by atoms with Gasteiger partial charge in [0.1, 0.15) is 27.7 Å². The van der Waals surface area contributed by atoms with E-state index in [0.29, 0.717) is 11.6 Å². The Hall–Kier alpha value is -2.21. The maximum Gasteiger partial charge on any atom is 0.138 e. The topological polar surface area (TPSA) is 50.8 Å². The third-order valence-corrected chi connectivity index (χ3v) is 3.57. The predicted molar refractivity (Wildman–Crippen MR) is 81.5 cm³/mol. The summed E-state index contributed by atoms with van der Waals surface area (Å²) in [5, 5.41) is 0. The molecule has 3 rings (SSSR count). The van der Waals surface area contributed by atoms with Crippen LogP contribution in [0.25, 0.3) is 22.6 Å². The molecule has 2 aromatic heterocycles. The molecule has 21 heavy (non-hydrogen) atoms. The van der Waals surface area contributed by atoms with Crippen molar-refractivity contribution < 1.29 is 9.13 Å². The van der Waals surface area contributed by atoms with Crippen molar-refractivity contribution in [2.45, 2.75) is 0 Å². The molecule has 0 aliphatic heterocycles. The number of methoxy groups -OCH3 is 1. The molecule has 6 heteroatoms. The summed E-state index contributed by atoms with van der Waals surface area (Å²) in [5.41, 5.74) is 2.35. The number of nitrogens with zero attached hydrogens (tertiary/aromatic N) is 2. The van der Waals surface area contributed by atoms with E-state index in [1.807, 2.05) is 6.07 Å². The Morgan fingerprint density at radius 3 is 2.62 bits per heavy atom. The fourth-order valence-corrected chi connectivity index (χ4v) is 2.45. The Balaban J connectivity index is 2.03. The lowest BCUT2D eigenvalue weighted by Gasteiger charge is -2.01. The first-order valence-corrected chi connectivity index (χ1v) is 6.97. The molecular weight excluding hydrogens is 337 g/mol. The summed E-state index contributed by atoms with van der Waals surface area (Å²) in [5.74, 6) is 1.03. The van der Waals surface area contributed by atoms with Gasteiger partial charge in [0.25, 0.3) is 0 Å². The summed E-state index contributed by atoms with van der Waals surface area (Å²) in [6.45, 7) is 0. The number of pyridine rings is 1. The smallest absolute Gasteiger partial charge is 0.138 e. The van der Waals surface area contributed by atoms with Crippen LogP contribution in [0.5, 0.6) is 5.75 Å². The van der Waals surface area contributed by atoms with Crippen LogP contribution >= 0.6 is 15.9 Å². The van der Waals surface area contributed by atoms with Crippen LogP contribution in [0.15, 0.2) is 47.3 Å². The highest BCUT2D eigenvalue weighted by Gasteiger charge is 2.12. The van der Waals surface area contributed by atoms with Gasteiger partial charge in [0.05, 0.1) is 13.3 Å². The molecule has 0 saturated heterocycles. The van der Waals surface area contributed by atoms with Gasteiger partial charge in [-0.2, -0.15) is 0 Å². The van der Waals surface area contributed by atoms with Crippen molar-refractivity contribution in [3.63, 3.8) is 0 Å². The van der Waals surface area contributed by atoms with Gasteiger partial charge >= 0.3 is 0 Å². The van der Waals surface area contributed by atoms with Gasteiger partial charge < -0.3 is 9.72 Å². The molecule has 0 radical (unpaired) electrons. The van der Waals surface area contributed by atoms with Gasteiger partial charge in [0.15, 0.2) is 0 Å². The minimum atomic E-state index is -0.276. The predicted octanol–water partition coefficient (Wildman–Crippen LogP) is 4.05. The standard InChI is InChI=1S/C15H11BrFN3O/c1-21-12-6-10(7-18-8-12)13-14(16)20-15(19-13)9-2-4-11(17)5-3-9/h2-8H,1H3,(H,19,20). The van der Waals surface area contributed by atoms with Crippen LogP contribution in [0.4, 0.5) is 4.39 Å². The van der Waals surface area contributed by atoms with E-state index in [4.69, 9.17) is 4.74 Å².